The third kappa shape index (κ3) is 4.21. The normalized spacial score (nSPS) is 26.8. The van der Waals surface area contributed by atoms with E-state index in [-0.39, 0.29) is 41.2 Å². The van der Waals surface area contributed by atoms with E-state index >= 15 is 0 Å². The van der Waals surface area contributed by atoms with Gasteiger partial charge < -0.3 is 10.2 Å². The van der Waals surface area contributed by atoms with Crippen LogP contribution in [0.5, 0.6) is 0 Å². The zero-order valence-electron chi connectivity index (χ0n) is 14.3. The Morgan fingerprint density at radius 1 is 1.20 bits per heavy atom. The Labute approximate surface area is 148 Å². The van der Waals surface area contributed by atoms with E-state index in [1.165, 1.54) is 0 Å². The first-order valence-corrected chi connectivity index (χ1v) is 10.6. The van der Waals surface area contributed by atoms with Gasteiger partial charge in [0.25, 0.3) is 0 Å². The van der Waals surface area contributed by atoms with Crippen molar-refractivity contribution in [3.8, 4) is 0 Å². The van der Waals surface area contributed by atoms with Gasteiger partial charge in [0.15, 0.2) is 9.84 Å². The van der Waals surface area contributed by atoms with Crippen LogP contribution in [-0.2, 0) is 26.0 Å². The van der Waals surface area contributed by atoms with Crippen LogP contribution in [-0.4, -0.2) is 49.2 Å². The van der Waals surface area contributed by atoms with Crippen LogP contribution in [0.1, 0.15) is 25.3 Å². The molecular formula is C18H24N2O4S. The summed E-state index contributed by atoms with van der Waals surface area (Å²) < 4.78 is 23.3. The number of rotatable bonds is 6. The lowest BCUT2D eigenvalue weighted by Crippen LogP contribution is -2.42. The molecule has 3 atom stereocenters. The maximum absolute atomic E-state index is 12.7. The molecule has 1 saturated heterocycles. The van der Waals surface area contributed by atoms with Crippen molar-refractivity contribution in [2.24, 2.45) is 11.8 Å². The molecule has 2 aliphatic rings. The minimum Gasteiger partial charge on any atom is -0.352 e. The summed E-state index contributed by atoms with van der Waals surface area (Å²) in [4.78, 5) is 26.6. The van der Waals surface area contributed by atoms with E-state index in [1.807, 2.05) is 37.3 Å². The summed E-state index contributed by atoms with van der Waals surface area (Å²) in [5.74, 6) is -0.582. The van der Waals surface area contributed by atoms with Gasteiger partial charge in [0.1, 0.15) is 0 Å². The van der Waals surface area contributed by atoms with Gasteiger partial charge in [-0.1, -0.05) is 30.3 Å². The van der Waals surface area contributed by atoms with Gasteiger partial charge in [0.2, 0.25) is 11.8 Å². The summed E-state index contributed by atoms with van der Waals surface area (Å²) in [5, 5.41) is 2.88. The fraction of sp³-hybridized carbons (Fsp3) is 0.556. The Morgan fingerprint density at radius 2 is 1.92 bits per heavy atom. The van der Waals surface area contributed by atoms with E-state index in [0.717, 1.165) is 5.56 Å². The van der Waals surface area contributed by atoms with Crippen molar-refractivity contribution < 1.29 is 18.0 Å². The highest BCUT2D eigenvalue weighted by molar-refractivity contribution is 7.91. The van der Waals surface area contributed by atoms with Crippen LogP contribution < -0.4 is 5.32 Å². The molecule has 0 aromatic heterocycles. The average Bonchev–Trinajstić information content (AvgIpc) is 3.32. The van der Waals surface area contributed by atoms with E-state index in [1.54, 1.807) is 4.90 Å². The molecule has 1 N–H and O–H groups in total. The molecule has 3 unspecified atom stereocenters. The molecule has 0 spiro atoms. The largest absolute Gasteiger partial charge is 0.352 e. The lowest BCUT2D eigenvalue weighted by Gasteiger charge is -2.27. The Morgan fingerprint density at radius 3 is 2.52 bits per heavy atom. The van der Waals surface area contributed by atoms with E-state index in [9.17, 15) is 18.0 Å². The number of hydrogen-bond donors (Lipinski definition) is 1. The number of amides is 2. The quantitative estimate of drug-likeness (QED) is 0.815. The van der Waals surface area contributed by atoms with Crippen molar-refractivity contribution in [3.05, 3.63) is 35.9 Å². The van der Waals surface area contributed by atoms with Gasteiger partial charge in [-0.25, -0.2) is 8.42 Å². The van der Waals surface area contributed by atoms with Crippen LogP contribution in [0.4, 0.5) is 0 Å². The summed E-state index contributed by atoms with van der Waals surface area (Å²) in [6.45, 7) is 2.79. The fourth-order valence-corrected chi connectivity index (χ4v) is 5.23. The van der Waals surface area contributed by atoms with Gasteiger partial charge in [-0.3, -0.25) is 9.59 Å². The van der Waals surface area contributed by atoms with Gasteiger partial charge in [-0.15, -0.1) is 0 Å². The van der Waals surface area contributed by atoms with Crippen LogP contribution in [0.3, 0.4) is 0 Å². The predicted molar refractivity (Wildman–Crippen MR) is 94.3 cm³/mol. The number of hydrogen-bond acceptors (Lipinski definition) is 4. The lowest BCUT2D eigenvalue weighted by molar-refractivity contribution is -0.136. The summed E-state index contributed by atoms with van der Waals surface area (Å²) in [6.07, 6.45) is 1.05. The summed E-state index contributed by atoms with van der Waals surface area (Å²) >= 11 is 0. The smallest absolute Gasteiger partial charge is 0.226 e. The second-order valence-corrected chi connectivity index (χ2v) is 9.06. The van der Waals surface area contributed by atoms with E-state index in [2.05, 4.69) is 5.32 Å². The molecule has 1 saturated carbocycles. The summed E-state index contributed by atoms with van der Waals surface area (Å²) in [5.41, 5.74) is 1.02. The minimum absolute atomic E-state index is 0.0458. The molecule has 1 aromatic rings. The number of sulfone groups is 1. The van der Waals surface area contributed by atoms with Crippen molar-refractivity contribution in [2.45, 2.75) is 32.4 Å². The van der Waals surface area contributed by atoms with E-state index < -0.39 is 9.84 Å². The monoisotopic (exact) mass is 364 g/mol. The zero-order chi connectivity index (χ0) is 18.0. The second kappa shape index (κ2) is 7.15. The van der Waals surface area contributed by atoms with Gasteiger partial charge in [-0.05, 0) is 25.3 Å². The van der Waals surface area contributed by atoms with Gasteiger partial charge >= 0.3 is 0 Å². The fourth-order valence-electron chi connectivity index (χ4n) is 3.50. The average molecular weight is 364 g/mol. The topological polar surface area (TPSA) is 83.6 Å². The third-order valence-electron chi connectivity index (χ3n) is 5.03. The number of carbonyl (C=O) groups is 2. The molecule has 3 rings (SSSR count). The van der Waals surface area contributed by atoms with E-state index in [4.69, 9.17) is 0 Å². The minimum atomic E-state index is -3.03. The van der Waals surface area contributed by atoms with Crippen LogP contribution in [0.15, 0.2) is 30.3 Å². The predicted octanol–water partition coefficient (Wildman–Crippen LogP) is 0.974. The first kappa shape index (κ1) is 17.9. The molecule has 1 aliphatic carbocycles. The Bertz CT molecular complexity index is 748. The molecule has 1 aromatic carbocycles. The van der Waals surface area contributed by atoms with Crippen LogP contribution in [0.25, 0.3) is 0 Å². The highest BCUT2D eigenvalue weighted by atomic mass is 32.2. The van der Waals surface area contributed by atoms with Crippen LogP contribution in [0, 0.1) is 11.8 Å². The number of nitrogens with one attached hydrogen (secondary N) is 1. The van der Waals surface area contributed by atoms with Gasteiger partial charge in [0.05, 0.1) is 23.3 Å². The molecule has 1 aliphatic heterocycles. The number of carbonyl (C=O) groups excluding carboxylic acids is 2. The standard InChI is InChI=1S/C18H24N2O4S/c1-2-20(14-8-9-25(23,24)12-14)18(22)16-10-15(16)17(21)19-11-13-6-4-3-5-7-13/h3-7,14-16H,2,8-12H2,1H3,(H,19,21). The highest BCUT2D eigenvalue weighted by Crippen LogP contribution is 2.41. The third-order valence-corrected chi connectivity index (χ3v) is 6.78. The Hall–Kier alpha value is -1.89. The van der Waals surface area contributed by atoms with Crippen molar-refractivity contribution in [1.29, 1.82) is 0 Å². The molecule has 0 radical (unpaired) electrons. The van der Waals surface area contributed by atoms with Gasteiger partial charge in [0, 0.05) is 19.1 Å². The van der Waals surface area contributed by atoms with Crippen molar-refractivity contribution in [2.75, 3.05) is 18.1 Å². The molecule has 136 valence electrons. The molecule has 25 heavy (non-hydrogen) atoms. The molecule has 2 fully saturated rings. The number of nitrogens with zero attached hydrogens (tertiary/aromatic N) is 1. The zero-order valence-corrected chi connectivity index (χ0v) is 15.2. The highest BCUT2D eigenvalue weighted by Gasteiger charge is 2.50. The molecular weight excluding hydrogens is 340 g/mol. The molecule has 1 heterocycles. The maximum Gasteiger partial charge on any atom is 0.226 e. The first-order valence-electron chi connectivity index (χ1n) is 8.74. The molecule has 7 heteroatoms. The molecule has 2 amide bonds. The van der Waals surface area contributed by atoms with Crippen molar-refractivity contribution in [3.63, 3.8) is 0 Å². The Kier molecular flexibility index (Phi) is 5.13. The molecule has 6 nitrogen and oxygen atoms in total. The summed E-state index contributed by atoms with van der Waals surface area (Å²) in [7, 11) is -3.03. The van der Waals surface area contributed by atoms with Crippen LogP contribution in [0.2, 0.25) is 0 Å². The van der Waals surface area contributed by atoms with Gasteiger partial charge in [-0.2, -0.15) is 0 Å². The van der Waals surface area contributed by atoms with E-state index in [0.29, 0.717) is 25.9 Å². The van der Waals surface area contributed by atoms with Crippen LogP contribution >= 0.6 is 0 Å². The van der Waals surface area contributed by atoms with Crippen molar-refractivity contribution in [1.82, 2.24) is 10.2 Å². The van der Waals surface area contributed by atoms with Crippen molar-refractivity contribution >= 4 is 21.7 Å². The maximum atomic E-state index is 12.7. The Balaban J connectivity index is 1.53. The number of benzene rings is 1. The lowest BCUT2D eigenvalue weighted by atomic mass is 10.1. The first-order chi connectivity index (χ1) is 11.9. The summed E-state index contributed by atoms with van der Waals surface area (Å²) in [6, 6.07) is 9.39. The SMILES string of the molecule is CCN(C(=O)C1CC1C(=O)NCc1ccccc1)C1CCS(=O)(=O)C1. The second-order valence-electron chi connectivity index (χ2n) is 6.83. The molecule has 0 bridgehead atoms.